The Morgan fingerprint density at radius 2 is 1.93 bits per heavy atom. The van der Waals surface area contributed by atoms with Crippen LogP contribution >= 0.6 is 11.6 Å². The van der Waals surface area contributed by atoms with Crippen LogP contribution < -0.4 is 5.32 Å². The van der Waals surface area contributed by atoms with Gasteiger partial charge in [-0.1, -0.05) is 11.6 Å². The van der Waals surface area contributed by atoms with Crippen LogP contribution in [0.2, 0.25) is 5.02 Å². The van der Waals surface area contributed by atoms with E-state index in [1.165, 1.54) is 24.3 Å². The van der Waals surface area contributed by atoms with Crippen molar-refractivity contribution in [1.29, 1.82) is 0 Å². The molecular weight excluding hydrogens is 398 g/mol. The zero-order valence-electron chi connectivity index (χ0n) is 14.3. The van der Waals surface area contributed by atoms with Gasteiger partial charge in [0.15, 0.2) is 6.61 Å². The van der Waals surface area contributed by atoms with Crippen LogP contribution in [0.4, 0.5) is 4.79 Å². The first-order valence-corrected chi connectivity index (χ1v) is 10.1. The number of nitrogens with one attached hydrogen (secondary N) is 1. The van der Waals surface area contributed by atoms with Gasteiger partial charge in [-0.25, -0.2) is 13.2 Å². The Morgan fingerprint density at radius 3 is 2.56 bits per heavy atom. The van der Waals surface area contributed by atoms with Gasteiger partial charge in [0.05, 0.1) is 4.90 Å². The van der Waals surface area contributed by atoms with Gasteiger partial charge < -0.3 is 10.1 Å². The number of halogens is 1. The zero-order chi connectivity index (χ0) is 19.6. The van der Waals surface area contributed by atoms with Crippen LogP contribution in [0.25, 0.3) is 0 Å². The Balaban J connectivity index is 1.66. The van der Waals surface area contributed by atoms with Crippen LogP contribution in [-0.4, -0.2) is 67.8 Å². The fourth-order valence-corrected chi connectivity index (χ4v) is 4.79. The highest BCUT2D eigenvalue weighted by Crippen LogP contribution is 2.27. The van der Waals surface area contributed by atoms with Crippen LogP contribution in [0.5, 0.6) is 0 Å². The normalized spacial score (nSPS) is 20.6. The summed E-state index contributed by atoms with van der Waals surface area (Å²) in [6.07, 6.45) is 0.791. The number of carbonyl (C=O) groups excluding carboxylic acids is 3. The lowest BCUT2D eigenvalue weighted by molar-refractivity contribution is -0.153. The average molecular weight is 416 g/mol. The van der Waals surface area contributed by atoms with E-state index in [-0.39, 0.29) is 18.0 Å². The molecule has 11 heteroatoms. The van der Waals surface area contributed by atoms with E-state index in [1.807, 2.05) is 0 Å². The van der Waals surface area contributed by atoms with Gasteiger partial charge in [0.25, 0.3) is 5.91 Å². The third-order valence-electron chi connectivity index (χ3n) is 4.39. The first kappa shape index (κ1) is 19.6. The summed E-state index contributed by atoms with van der Waals surface area (Å²) in [7, 11) is -3.90. The number of rotatable bonds is 5. The van der Waals surface area contributed by atoms with E-state index in [0.717, 1.165) is 9.21 Å². The number of nitrogens with zero attached hydrogens (tertiary/aromatic N) is 2. The first-order valence-electron chi connectivity index (χ1n) is 8.33. The molecule has 27 heavy (non-hydrogen) atoms. The van der Waals surface area contributed by atoms with Crippen molar-refractivity contribution in [3.63, 3.8) is 0 Å². The molecule has 0 aromatic heterocycles. The number of hydrogen-bond donors (Lipinski definition) is 1. The molecule has 2 fully saturated rings. The monoisotopic (exact) mass is 415 g/mol. The van der Waals surface area contributed by atoms with Crippen molar-refractivity contribution < 1.29 is 27.5 Å². The van der Waals surface area contributed by atoms with E-state index in [0.29, 0.717) is 24.4 Å². The number of amides is 3. The molecule has 1 N–H and O–H groups in total. The lowest BCUT2D eigenvalue weighted by Gasteiger charge is -2.23. The summed E-state index contributed by atoms with van der Waals surface area (Å²) in [5.74, 6) is -1.46. The predicted molar refractivity (Wildman–Crippen MR) is 94.4 cm³/mol. The van der Waals surface area contributed by atoms with Gasteiger partial charge in [-0.15, -0.1) is 0 Å². The summed E-state index contributed by atoms with van der Waals surface area (Å²) < 4.78 is 31.7. The molecule has 0 spiro atoms. The summed E-state index contributed by atoms with van der Waals surface area (Å²) in [5, 5.41) is 2.87. The van der Waals surface area contributed by atoms with E-state index >= 15 is 0 Å². The zero-order valence-corrected chi connectivity index (χ0v) is 15.8. The second-order valence-corrected chi connectivity index (χ2v) is 8.44. The fourth-order valence-electron chi connectivity index (χ4n) is 3.02. The molecule has 1 aromatic rings. The van der Waals surface area contributed by atoms with Crippen molar-refractivity contribution >= 4 is 39.5 Å². The molecule has 1 aromatic carbocycles. The summed E-state index contributed by atoms with van der Waals surface area (Å²) in [5.41, 5.74) is 0. The molecule has 0 bridgehead atoms. The third kappa shape index (κ3) is 4.07. The Labute approximate surface area is 161 Å². The minimum Gasteiger partial charge on any atom is -0.454 e. The van der Waals surface area contributed by atoms with Gasteiger partial charge in [0.2, 0.25) is 10.0 Å². The Morgan fingerprint density at radius 1 is 1.22 bits per heavy atom. The Bertz CT molecular complexity index is 857. The van der Waals surface area contributed by atoms with Gasteiger partial charge in [0.1, 0.15) is 6.04 Å². The van der Waals surface area contributed by atoms with Gasteiger partial charge in [-0.3, -0.25) is 14.5 Å². The lowest BCUT2D eigenvalue weighted by atomic mass is 10.2. The van der Waals surface area contributed by atoms with Crippen LogP contribution in [0.3, 0.4) is 0 Å². The van der Waals surface area contributed by atoms with Gasteiger partial charge in [0, 0.05) is 24.7 Å². The number of urea groups is 1. The van der Waals surface area contributed by atoms with Crippen molar-refractivity contribution in [1.82, 2.24) is 14.5 Å². The summed E-state index contributed by atoms with van der Waals surface area (Å²) in [6.45, 7) is 0.106. The van der Waals surface area contributed by atoms with Crippen LogP contribution in [0.1, 0.15) is 12.8 Å². The molecule has 3 amide bonds. The summed E-state index contributed by atoms with van der Waals surface area (Å²) in [4.78, 5) is 36.7. The smallest absolute Gasteiger partial charge is 0.324 e. The topological polar surface area (TPSA) is 113 Å². The highest BCUT2D eigenvalue weighted by Gasteiger charge is 2.40. The maximum atomic E-state index is 12.8. The molecule has 2 aliphatic rings. The molecule has 146 valence electrons. The molecule has 1 atom stereocenters. The number of imide groups is 1. The minimum absolute atomic E-state index is 0.0245. The number of hydrogen-bond acceptors (Lipinski definition) is 6. The second-order valence-electron chi connectivity index (χ2n) is 6.11. The van der Waals surface area contributed by atoms with Gasteiger partial charge in [-0.2, -0.15) is 4.31 Å². The Hall–Kier alpha value is -2.17. The van der Waals surface area contributed by atoms with E-state index in [4.69, 9.17) is 16.3 Å². The molecule has 2 heterocycles. The van der Waals surface area contributed by atoms with E-state index in [2.05, 4.69) is 5.32 Å². The maximum absolute atomic E-state index is 12.8. The van der Waals surface area contributed by atoms with Crippen LogP contribution in [0.15, 0.2) is 29.2 Å². The third-order valence-corrected chi connectivity index (χ3v) is 6.57. The number of ether oxygens (including phenoxy) is 1. The quantitative estimate of drug-likeness (QED) is 0.704. The minimum atomic E-state index is -3.90. The molecule has 0 radical (unpaired) electrons. The number of benzene rings is 1. The molecule has 0 saturated carbocycles. The van der Waals surface area contributed by atoms with Crippen molar-refractivity contribution in [2.45, 2.75) is 23.8 Å². The number of esters is 1. The maximum Gasteiger partial charge on any atom is 0.324 e. The van der Waals surface area contributed by atoms with Crippen LogP contribution in [0, 0.1) is 0 Å². The largest absolute Gasteiger partial charge is 0.454 e. The van der Waals surface area contributed by atoms with E-state index < -0.39 is 40.6 Å². The van der Waals surface area contributed by atoms with Crippen LogP contribution in [-0.2, 0) is 24.3 Å². The SMILES string of the molecule is O=C(OCC(=O)N1CCNC1=O)[C@@H]1CCCN1S(=O)(=O)c1ccc(Cl)cc1. The molecule has 3 rings (SSSR count). The molecule has 9 nitrogen and oxygen atoms in total. The average Bonchev–Trinajstić information content (AvgIpc) is 3.29. The molecule has 0 aliphatic carbocycles. The van der Waals surface area contributed by atoms with Crippen molar-refractivity contribution in [3.8, 4) is 0 Å². The number of carbonyl (C=O) groups is 3. The van der Waals surface area contributed by atoms with E-state index in [1.54, 1.807) is 0 Å². The van der Waals surface area contributed by atoms with E-state index in [9.17, 15) is 22.8 Å². The molecule has 2 aliphatic heterocycles. The lowest BCUT2D eigenvalue weighted by Crippen LogP contribution is -2.43. The second kappa shape index (κ2) is 7.83. The standard InChI is InChI=1S/C16H18ClN3O6S/c17-11-3-5-12(6-4-11)27(24,25)20-8-1-2-13(20)15(22)26-10-14(21)19-9-7-18-16(19)23/h3-6,13H,1-2,7-10H2,(H,18,23)/t13-/m0/s1. The summed E-state index contributed by atoms with van der Waals surface area (Å²) >= 11 is 5.79. The number of sulfonamides is 1. The molecule has 0 unspecified atom stereocenters. The van der Waals surface area contributed by atoms with Crippen molar-refractivity contribution in [2.75, 3.05) is 26.2 Å². The Kier molecular flexibility index (Phi) is 5.68. The highest BCUT2D eigenvalue weighted by atomic mass is 35.5. The van der Waals surface area contributed by atoms with Gasteiger partial charge >= 0.3 is 12.0 Å². The van der Waals surface area contributed by atoms with Crippen molar-refractivity contribution in [2.24, 2.45) is 0 Å². The predicted octanol–water partition coefficient (Wildman–Crippen LogP) is 0.588. The van der Waals surface area contributed by atoms with Gasteiger partial charge in [-0.05, 0) is 37.1 Å². The first-order chi connectivity index (χ1) is 12.8. The fraction of sp³-hybridized carbons (Fsp3) is 0.438. The molecular formula is C16H18ClN3O6S. The highest BCUT2D eigenvalue weighted by molar-refractivity contribution is 7.89. The summed E-state index contributed by atoms with van der Waals surface area (Å²) in [6, 6.07) is 4.10. The van der Waals surface area contributed by atoms with Crippen molar-refractivity contribution in [3.05, 3.63) is 29.3 Å². The molecule has 2 saturated heterocycles.